The van der Waals surface area contributed by atoms with E-state index >= 15 is 0 Å². The molecule has 0 aromatic heterocycles. The second kappa shape index (κ2) is 7.84. The Balaban J connectivity index is 1.30. The molecule has 3 heterocycles. The molecule has 0 spiro atoms. The van der Waals surface area contributed by atoms with Gasteiger partial charge in [0.2, 0.25) is 0 Å². The number of carboxylic acid groups (broad SMARTS) is 1. The van der Waals surface area contributed by atoms with E-state index in [2.05, 4.69) is 30.9 Å². The number of hydrogen-bond acceptors (Lipinski definition) is 5. The number of aliphatic carboxylic acids is 1. The third-order valence-corrected chi connectivity index (χ3v) is 6.94. The molecule has 3 aliphatic heterocycles. The SMILES string of the molecule is CC1(C)Oc2ccccc2[C@H]2O[C@H]3CCN(Cc4ccc(OCC(=O)O)cc4)[C@@H]3C[C@@H]21. The number of ether oxygens (including phenoxy) is 3. The van der Waals surface area contributed by atoms with E-state index in [9.17, 15) is 4.79 Å². The van der Waals surface area contributed by atoms with Crippen molar-refractivity contribution in [3.63, 3.8) is 0 Å². The molecular weight excluding hydrogens is 394 g/mol. The van der Waals surface area contributed by atoms with Crippen LogP contribution in [0.5, 0.6) is 11.5 Å². The van der Waals surface area contributed by atoms with E-state index in [1.165, 1.54) is 11.1 Å². The minimum Gasteiger partial charge on any atom is -0.487 e. The summed E-state index contributed by atoms with van der Waals surface area (Å²) in [5.74, 6) is 0.859. The maximum absolute atomic E-state index is 10.7. The molecule has 6 heteroatoms. The highest BCUT2D eigenvalue weighted by molar-refractivity contribution is 5.68. The second-order valence-electron chi connectivity index (χ2n) is 9.33. The third-order valence-electron chi connectivity index (χ3n) is 6.94. The van der Waals surface area contributed by atoms with Crippen molar-refractivity contribution in [2.45, 2.75) is 57.1 Å². The zero-order valence-electron chi connectivity index (χ0n) is 18.0. The Morgan fingerprint density at radius 3 is 2.74 bits per heavy atom. The fraction of sp³-hybridized carbons (Fsp3) is 0.480. The highest BCUT2D eigenvalue weighted by Gasteiger charge is 2.52. The summed E-state index contributed by atoms with van der Waals surface area (Å²) in [4.78, 5) is 13.2. The highest BCUT2D eigenvalue weighted by Crippen LogP contribution is 2.52. The summed E-state index contributed by atoms with van der Waals surface area (Å²) >= 11 is 0. The van der Waals surface area contributed by atoms with Gasteiger partial charge in [0.05, 0.1) is 12.2 Å². The van der Waals surface area contributed by atoms with Crippen molar-refractivity contribution in [1.82, 2.24) is 4.90 Å². The predicted molar refractivity (Wildman–Crippen MR) is 115 cm³/mol. The van der Waals surface area contributed by atoms with Gasteiger partial charge in [0.1, 0.15) is 17.1 Å². The molecule has 0 bridgehead atoms. The normalized spacial score (nSPS) is 28.7. The monoisotopic (exact) mass is 423 g/mol. The fourth-order valence-corrected chi connectivity index (χ4v) is 5.39. The molecule has 164 valence electrons. The first-order valence-electron chi connectivity index (χ1n) is 11.0. The van der Waals surface area contributed by atoms with Gasteiger partial charge >= 0.3 is 5.97 Å². The molecule has 6 nitrogen and oxygen atoms in total. The summed E-state index contributed by atoms with van der Waals surface area (Å²) in [5, 5.41) is 8.75. The van der Waals surface area contributed by atoms with Crippen molar-refractivity contribution >= 4 is 5.97 Å². The lowest BCUT2D eigenvalue weighted by atomic mass is 9.74. The van der Waals surface area contributed by atoms with Crippen LogP contribution in [0, 0.1) is 5.92 Å². The van der Waals surface area contributed by atoms with Gasteiger partial charge in [0.25, 0.3) is 0 Å². The summed E-state index contributed by atoms with van der Waals surface area (Å²) in [5.41, 5.74) is 2.09. The van der Waals surface area contributed by atoms with Gasteiger partial charge in [-0.05, 0) is 50.5 Å². The van der Waals surface area contributed by atoms with Crippen LogP contribution in [-0.4, -0.2) is 46.9 Å². The Morgan fingerprint density at radius 1 is 1.19 bits per heavy atom. The van der Waals surface area contributed by atoms with Gasteiger partial charge in [-0.3, -0.25) is 4.90 Å². The third kappa shape index (κ3) is 3.90. The number of carbonyl (C=O) groups is 1. The minimum absolute atomic E-state index is 0.0896. The van der Waals surface area contributed by atoms with E-state index in [0.29, 0.717) is 17.7 Å². The van der Waals surface area contributed by atoms with Crippen LogP contribution in [0.25, 0.3) is 0 Å². The molecule has 0 unspecified atom stereocenters. The number of rotatable bonds is 5. The van der Waals surface area contributed by atoms with Crippen LogP contribution in [0.15, 0.2) is 48.5 Å². The fourth-order valence-electron chi connectivity index (χ4n) is 5.39. The quantitative estimate of drug-likeness (QED) is 0.783. The molecule has 3 aliphatic rings. The van der Waals surface area contributed by atoms with Crippen LogP contribution >= 0.6 is 0 Å². The lowest BCUT2D eigenvalue weighted by molar-refractivity contribution is -0.162. The molecule has 4 atom stereocenters. The smallest absolute Gasteiger partial charge is 0.341 e. The van der Waals surface area contributed by atoms with E-state index in [-0.39, 0.29) is 24.4 Å². The van der Waals surface area contributed by atoms with E-state index in [1.807, 2.05) is 36.4 Å². The van der Waals surface area contributed by atoms with E-state index in [0.717, 1.165) is 31.7 Å². The zero-order chi connectivity index (χ0) is 21.6. The van der Waals surface area contributed by atoms with Gasteiger partial charge < -0.3 is 19.3 Å². The van der Waals surface area contributed by atoms with Crippen molar-refractivity contribution in [3.8, 4) is 11.5 Å². The van der Waals surface area contributed by atoms with Gasteiger partial charge in [0, 0.05) is 30.6 Å². The van der Waals surface area contributed by atoms with Crippen molar-refractivity contribution < 1.29 is 24.1 Å². The first kappa shape index (κ1) is 20.3. The number of likely N-dealkylation sites (tertiary alicyclic amines) is 1. The van der Waals surface area contributed by atoms with Crippen LogP contribution in [0.4, 0.5) is 0 Å². The van der Waals surface area contributed by atoms with Crippen molar-refractivity contribution in [2.75, 3.05) is 13.2 Å². The topological polar surface area (TPSA) is 68.2 Å². The molecule has 2 fully saturated rings. The summed E-state index contributed by atoms with van der Waals surface area (Å²) < 4.78 is 18.4. The maximum atomic E-state index is 10.7. The lowest BCUT2D eigenvalue weighted by Gasteiger charge is -2.50. The number of fused-ring (bicyclic) bond motifs is 4. The van der Waals surface area contributed by atoms with Gasteiger partial charge in [-0.25, -0.2) is 4.79 Å². The van der Waals surface area contributed by atoms with Crippen LogP contribution in [0.3, 0.4) is 0 Å². The number of para-hydroxylation sites is 1. The van der Waals surface area contributed by atoms with E-state index in [4.69, 9.17) is 19.3 Å². The van der Waals surface area contributed by atoms with Crippen LogP contribution < -0.4 is 9.47 Å². The molecule has 2 aromatic rings. The Kier molecular flexibility index (Phi) is 5.15. The summed E-state index contributed by atoms with van der Waals surface area (Å²) in [6.07, 6.45) is 2.42. The first-order valence-corrected chi connectivity index (χ1v) is 11.0. The lowest BCUT2D eigenvalue weighted by Crippen LogP contribution is -2.53. The van der Waals surface area contributed by atoms with Crippen LogP contribution in [0.2, 0.25) is 0 Å². The summed E-state index contributed by atoms with van der Waals surface area (Å²) in [7, 11) is 0. The Bertz CT molecular complexity index is 957. The second-order valence-corrected chi connectivity index (χ2v) is 9.33. The number of carboxylic acids is 1. The average molecular weight is 424 g/mol. The molecule has 5 rings (SSSR count). The standard InChI is InChI=1S/C25H29NO5/c1-25(2)19-13-20-22(30-24(19)18-5-3-4-6-21(18)31-25)11-12-26(20)14-16-7-9-17(10-8-16)29-15-23(27)28/h3-10,19-20,22,24H,11-15H2,1-2H3,(H,27,28)/t19-,20+,22-,24+/m0/s1. The zero-order valence-corrected chi connectivity index (χ0v) is 18.0. The molecule has 31 heavy (non-hydrogen) atoms. The number of benzene rings is 2. The molecule has 0 radical (unpaired) electrons. The number of nitrogens with zero attached hydrogens (tertiary/aromatic N) is 1. The molecule has 1 N–H and O–H groups in total. The summed E-state index contributed by atoms with van der Waals surface area (Å²) in [6.45, 7) is 5.89. The van der Waals surface area contributed by atoms with Gasteiger partial charge in [-0.1, -0.05) is 30.3 Å². The van der Waals surface area contributed by atoms with E-state index < -0.39 is 5.97 Å². The molecule has 2 aromatic carbocycles. The van der Waals surface area contributed by atoms with Gasteiger partial charge in [-0.15, -0.1) is 0 Å². The largest absolute Gasteiger partial charge is 0.487 e. The number of hydrogen-bond donors (Lipinski definition) is 1. The molecule has 2 saturated heterocycles. The predicted octanol–water partition coefficient (Wildman–Crippen LogP) is 4.04. The van der Waals surface area contributed by atoms with Crippen molar-refractivity contribution in [1.29, 1.82) is 0 Å². The molecule has 0 amide bonds. The first-order chi connectivity index (χ1) is 14.9. The Morgan fingerprint density at radius 2 is 1.97 bits per heavy atom. The van der Waals surface area contributed by atoms with Gasteiger partial charge in [-0.2, -0.15) is 0 Å². The van der Waals surface area contributed by atoms with Crippen molar-refractivity contribution in [3.05, 3.63) is 59.7 Å². The Hall–Kier alpha value is -2.57. The average Bonchev–Trinajstić information content (AvgIpc) is 3.14. The molecule has 0 aliphatic carbocycles. The maximum Gasteiger partial charge on any atom is 0.341 e. The molecule has 0 saturated carbocycles. The Labute approximate surface area is 182 Å². The van der Waals surface area contributed by atoms with Crippen LogP contribution in [0.1, 0.15) is 43.9 Å². The van der Waals surface area contributed by atoms with E-state index in [1.54, 1.807) is 0 Å². The van der Waals surface area contributed by atoms with Crippen molar-refractivity contribution in [2.24, 2.45) is 5.92 Å². The van der Waals surface area contributed by atoms with Crippen LogP contribution in [-0.2, 0) is 16.1 Å². The van der Waals surface area contributed by atoms with Gasteiger partial charge in [0.15, 0.2) is 6.61 Å². The molecular formula is C25H29NO5. The minimum atomic E-state index is -0.972. The highest BCUT2D eigenvalue weighted by atomic mass is 16.5. The summed E-state index contributed by atoms with van der Waals surface area (Å²) in [6, 6.07) is 16.4.